The highest BCUT2D eigenvalue weighted by atomic mass is 35.5. The predicted molar refractivity (Wildman–Crippen MR) is 66.6 cm³/mol. The van der Waals surface area contributed by atoms with Gasteiger partial charge in [0.05, 0.1) is 6.54 Å². The predicted octanol–water partition coefficient (Wildman–Crippen LogP) is 1.22. The second kappa shape index (κ2) is 6.10. The van der Waals surface area contributed by atoms with Gasteiger partial charge in [0.1, 0.15) is 6.10 Å². The topological polar surface area (TPSA) is 90.7 Å². The number of carbonyl (C=O) groups is 1. The van der Waals surface area contributed by atoms with Crippen LogP contribution in [0.15, 0.2) is 29.3 Å². The third-order valence-electron chi connectivity index (χ3n) is 1.99. The number of aliphatic imine (C=N–C) groups is 1. The van der Waals surface area contributed by atoms with Crippen LogP contribution in [0.25, 0.3) is 0 Å². The third-order valence-corrected chi connectivity index (χ3v) is 2.24. The fourth-order valence-electron chi connectivity index (χ4n) is 1.28. The highest BCUT2D eigenvalue weighted by Gasteiger charge is 2.14. The van der Waals surface area contributed by atoms with Crippen LogP contribution < -0.4 is 11.5 Å². The van der Waals surface area contributed by atoms with Gasteiger partial charge in [-0.3, -0.25) is 4.79 Å². The van der Waals surface area contributed by atoms with Crippen molar-refractivity contribution in [3.05, 3.63) is 34.9 Å². The van der Waals surface area contributed by atoms with Gasteiger partial charge in [-0.1, -0.05) is 23.7 Å². The van der Waals surface area contributed by atoms with Crippen LogP contribution in [0, 0.1) is 0 Å². The standard InChI is InChI=1S/C11H14ClN3O2/c1-7(16)17-10(6-15-11(13)14)8-2-4-9(12)5-3-8/h2-5,10H,6H2,1H3,(H4,13,14,15). The lowest BCUT2D eigenvalue weighted by Crippen LogP contribution is -2.24. The molecule has 0 aliphatic carbocycles. The zero-order chi connectivity index (χ0) is 12.8. The molecule has 0 aliphatic rings. The van der Waals surface area contributed by atoms with E-state index >= 15 is 0 Å². The molecule has 0 radical (unpaired) electrons. The van der Waals surface area contributed by atoms with E-state index in [4.69, 9.17) is 27.8 Å². The van der Waals surface area contributed by atoms with Gasteiger partial charge in [0.2, 0.25) is 0 Å². The SMILES string of the molecule is CC(=O)OC(CN=C(N)N)c1ccc(Cl)cc1. The van der Waals surface area contributed by atoms with Crippen molar-refractivity contribution in [3.63, 3.8) is 0 Å². The molecule has 92 valence electrons. The molecule has 6 heteroatoms. The van der Waals surface area contributed by atoms with E-state index in [-0.39, 0.29) is 12.5 Å². The molecule has 1 rings (SSSR count). The Balaban J connectivity index is 2.85. The average molecular weight is 256 g/mol. The van der Waals surface area contributed by atoms with E-state index in [0.717, 1.165) is 5.56 Å². The molecule has 0 aliphatic heterocycles. The zero-order valence-electron chi connectivity index (χ0n) is 9.39. The molecule has 0 amide bonds. The van der Waals surface area contributed by atoms with E-state index in [0.29, 0.717) is 5.02 Å². The number of rotatable bonds is 4. The van der Waals surface area contributed by atoms with Crippen molar-refractivity contribution < 1.29 is 9.53 Å². The number of benzene rings is 1. The van der Waals surface area contributed by atoms with Crippen LogP contribution in [0.5, 0.6) is 0 Å². The molecule has 17 heavy (non-hydrogen) atoms. The Labute approximate surface area is 104 Å². The number of nitrogens with two attached hydrogens (primary N) is 2. The van der Waals surface area contributed by atoms with Gasteiger partial charge < -0.3 is 16.2 Å². The lowest BCUT2D eigenvalue weighted by Gasteiger charge is -2.15. The number of nitrogens with zero attached hydrogens (tertiary/aromatic N) is 1. The summed E-state index contributed by atoms with van der Waals surface area (Å²) in [6, 6.07) is 6.95. The summed E-state index contributed by atoms with van der Waals surface area (Å²) in [4.78, 5) is 14.8. The van der Waals surface area contributed by atoms with E-state index in [9.17, 15) is 4.79 Å². The molecule has 0 spiro atoms. The first-order valence-electron chi connectivity index (χ1n) is 4.97. The van der Waals surface area contributed by atoms with Gasteiger partial charge in [-0.15, -0.1) is 0 Å². The Morgan fingerprint density at radius 3 is 2.47 bits per heavy atom. The maximum atomic E-state index is 11.0. The zero-order valence-corrected chi connectivity index (χ0v) is 10.1. The highest BCUT2D eigenvalue weighted by Crippen LogP contribution is 2.20. The largest absolute Gasteiger partial charge is 0.456 e. The molecule has 1 aromatic rings. The van der Waals surface area contributed by atoms with Gasteiger partial charge in [0, 0.05) is 11.9 Å². The Kier molecular flexibility index (Phi) is 4.78. The van der Waals surface area contributed by atoms with Crippen molar-refractivity contribution in [1.82, 2.24) is 0 Å². The maximum Gasteiger partial charge on any atom is 0.303 e. The molecule has 0 fully saturated rings. The van der Waals surface area contributed by atoms with Gasteiger partial charge in [0.15, 0.2) is 5.96 Å². The van der Waals surface area contributed by atoms with E-state index in [1.807, 2.05) is 0 Å². The number of ether oxygens (including phenoxy) is 1. The second-order valence-corrected chi connectivity index (χ2v) is 3.85. The normalized spacial score (nSPS) is 11.6. The molecule has 1 unspecified atom stereocenters. The summed E-state index contributed by atoms with van der Waals surface area (Å²) in [7, 11) is 0. The Morgan fingerprint density at radius 2 is 2.00 bits per heavy atom. The number of esters is 1. The first-order chi connectivity index (χ1) is 7.99. The van der Waals surface area contributed by atoms with Crippen molar-refractivity contribution in [2.75, 3.05) is 6.54 Å². The molecule has 0 heterocycles. The minimum Gasteiger partial charge on any atom is -0.456 e. The minimum atomic E-state index is -0.508. The number of halogens is 1. The molecule has 5 nitrogen and oxygen atoms in total. The van der Waals surface area contributed by atoms with E-state index in [2.05, 4.69) is 4.99 Å². The highest BCUT2D eigenvalue weighted by molar-refractivity contribution is 6.30. The van der Waals surface area contributed by atoms with Crippen molar-refractivity contribution in [2.45, 2.75) is 13.0 Å². The molecular weight excluding hydrogens is 242 g/mol. The van der Waals surface area contributed by atoms with Crippen LogP contribution in [0.1, 0.15) is 18.6 Å². The van der Waals surface area contributed by atoms with Crippen LogP contribution in [0.4, 0.5) is 0 Å². The molecule has 0 saturated heterocycles. The summed E-state index contributed by atoms with van der Waals surface area (Å²) < 4.78 is 5.13. The van der Waals surface area contributed by atoms with E-state index < -0.39 is 12.1 Å². The summed E-state index contributed by atoms with van der Waals surface area (Å²) in [5, 5.41) is 0.608. The van der Waals surface area contributed by atoms with Crippen LogP contribution in [0.2, 0.25) is 5.02 Å². The lowest BCUT2D eigenvalue weighted by molar-refractivity contribution is -0.146. The van der Waals surface area contributed by atoms with Gasteiger partial charge in [0.25, 0.3) is 0 Å². The molecule has 0 bridgehead atoms. The van der Waals surface area contributed by atoms with Crippen LogP contribution in [-0.4, -0.2) is 18.5 Å². The smallest absolute Gasteiger partial charge is 0.303 e. The molecule has 1 aromatic carbocycles. The fraction of sp³-hybridized carbons (Fsp3) is 0.273. The van der Waals surface area contributed by atoms with Gasteiger partial charge in [-0.05, 0) is 17.7 Å². The van der Waals surface area contributed by atoms with Gasteiger partial charge >= 0.3 is 5.97 Å². The van der Waals surface area contributed by atoms with Crippen molar-refractivity contribution >= 4 is 23.5 Å². The number of carbonyl (C=O) groups excluding carboxylic acids is 1. The lowest BCUT2D eigenvalue weighted by atomic mass is 10.1. The Hall–Kier alpha value is -1.75. The van der Waals surface area contributed by atoms with Crippen molar-refractivity contribution in [2.24, 2.45) is 16.5 Å². The summed E-state index contributed by atoms with van der Waals surface area (Å²) in [5.41, 5.74) is 11.3. The van der Waals surface area contributed by atoms with Gasteiger partial charge in [-0.25, -0.2) is 4.99 Å². The number of hydrogen-bond acceptors (Lipinski definition) is 3. The quantitative estimate of drug-likeness (QED) is 0.481. The first kappa shape index (κ1) is 13.3. The average Bonchev–Trinajstić information content (AvgIpc) is 2.25. The molecule has 4 N–H and O–H groups in total. The van der Waals surface area contributed by atoms with Gasteiger partial charge in [-0.2, -0.15) is 0 Å². The molecule has 1 atom stereocenters. The Bertz CT molecular complexity index is 413. The fourth-order valence-corrected chi connectivity index (χ4v) is 1.40. The molecule has 0 aromatic heterocycles. The maximum absolute atomic E-state index is 11.0. The summed E-state index contributed by atoms with van der Waals surface area (Å²) in [6.07, 6.45) is -0.508. The van der Waals surface area contributed by atoms with Crippen molar-refractivity contribution in [3.8, 4) is 0 Å². The van der Waals surface area contributed by atoms with E-state index in [1.54, 1.807) is 24.3 Å². The number of guanidine groups is 1. The number of hydrogen-bond donors (Lipinski definition) is 2. The molecule has 0 saturated carbocycles. The molecular formula is C11H14ClN3O2. The second-order valence-electron chi connectivity index (χ2n) is 3.42. The van der Waals surface area contributed by atoms with Crippen LogP contribution in [0.3, 0.4) is 0 Å². The van der Waals surface area contributed by atoms with E-state index in [1.165, 1.54) is 6.92 Å². The summed E-state index contributed by atoms with van der Waals surface area (Å²) in [6.45, 7) is 1.52. The summed E-state index contributed by atoms with van der Waals surface area (Å²) in [5.74, 6) is -0.438. The summed E-state index contributed by atoms with van der Waals surface area (Å²) >= 11 is 5.77. The first-order valence-corrected chi connectivity index (χ1v) is 5.35. The minimum absolute atomic E-state index is 0.0453. The van der Waals surface area contributed by atoms with Crippen LogP contribution in [-0.2, 0) is 9.53 Å². The Morgan fingerprint density at radius 1 is 1.41 bits per heavy atom. The monoisotopic (exact) mass is 255 g/mol. The van der Waals surface area contributed by atoms with Crippen LogP contribution >= 0.6 is 11.6 Å². The third kappa shape index (κ3) is 4.74. The van der Waals surface area contributed by atoms with Crippen molar-refractivity contribution in [1.29, 1.82) is 0 Å².